The standard InChI is InChI=1S/C13H27NO4/c1-16-7-8-18-11-13(15)9-14-5-3-12(4-6-14)10-17-2/h12-13,15H,3-11H2,1-2H3. The predicted molar refractivity (Wildman–Crippen MR) is 69.7 cm³/mol. The summed E-state index contributed by atoms with van der Waals surface area (Å²) in [6.07, 6.45) is 1.91. The van der Waals surface area contributed by atoms with E-state index in [2.05, 4.69) is 4.90 Å². The van der Waals surface area contributed by atoms with Crippen LogP contribution in [-0.4, -0.2) is 76.4 Å². The fraction of sp³-hybridized carbons (Fsp3) is 1.00. The third kappa shape index (κ3) is 6.66. The van der Waals surface area contributed by atoms with Crippen LogP contribution in [0, 0.1) is 5.92 Å². The minimum Gasteiger partial charge on any atom is -0.389 e. The molecule has 0 aromatic rings. The molecule has 0 spiro atoms. The Morgan fingerprint density at radius 2 is 1.89 bits per heavy atom. The van der Waals surface area contributed by atoms with Gasteiger partial charge in [0.15, 0.2) is 0 Å². The molecule has 5 nitrogen and oxygen atoms in total. The quantitative estimate of drug-likeness (QED) is 0.608. The van der Waals surface area contributed by atoms with Crippen molar-refractivity contribution < 1.29 is 19.3 Å². The summed E-state index contributed by atoms with van der Waals surface area (Å²) < 4.78 is 15.4. The fourth-order valence-corrected chi connectivity index (χ4v) is 2.28. The van der Waals surface area contributed by atoms with Gasteiger partial charge in [-0.05, 0) is 31.8 Å². The molecule has 1 fully saturated rings. The van der Waals surface area contributed by atoms with Gasteiger partial charge in [-0.2, -0.15) is 0 Å². The normalized spacial score (nSPS) is 20.2. The van der Waals surface area contributed by atoms with Crippen LogP contribution in [0.3, 0.4) is 0 Å². The maximum atomic E-state index is 9.84. The van der Waals surface area contributed by atoms with Crippen molar-refractivity contribution in [2.24, 2.45) is 5.92 Å². The summed E-state index contributed by atoms with van der Waals surface area (Å²) >= 11 is 0. The molecule has 0 aliphatic carbocycles. The number of rotatable bonds is 9. The SMILES string of the molecule is COCCOCC(O)CN1CCC(COC)CC1. The number of aliphatic hydroxyl groups excluding tert-OH is 1. The van der Waals surface area contributed by atoms with E-state index >= 15 is 0 Å². The molecule has 1 atom stereocenters. The van der Waals surface area contributed by atoms with Gasteiger partial charge in [0, 0.05) is 27.4 Å². The van der Waals surface area contributed by atoms with Crippen LogP contribution in [0.25, 0.3) is 0 Å². The highest BCUT2D eigenvalue weighted by atomic mass is 16.5. The number of β-amino-alcohol motifs (C(OH)–C–C–N with tert-alkyl or cyclic N) is 1. The fourth-order valence-electron chi connectivity index (χ4n) is 2.28. The lowest BCUT2D eigenvalue weighted by Gasteiger charge is -2.32. The largest absolute Gasteiger partial charge is 0.389 e. The van der Waals surface area contributed by atoms with E-state index in [1.807, 2.05) is 0 Å². The second kappa shape index (κ2) is 9.69. The van der Waals surface area contributed by atoms with Gasteiger partial charge in [0.2, 0.25) is 0 Å². The average Bonchev–Trinajstić information content (AvgIpc) is 2.37. The zero-order valence-corrected chi connectivity index (χ0v) is 11.6. The van der Waals surface area contributed by atoms with Crippen molar-refractivity contribution in [2.75, 3.05) is 60.3 Å². The van der Waals surface area contributed by atoms with E-state index < -0.39 is 6.10 Å². The van der Waals surface area contributed by atoms with Gasteiger partial charge in [0.05, 0.1) is 25.9 Å². The maximum Gasteiger partial charge on any atom is 0.0900 e. The minimum absolute atomic E-state index is 0.390. The van der Waals surface area contributed by atoms with Crippen LogP contribution < -0.4 is 0 Å². The van der Waals surface area contributed by atoms with Crippen LogP contribution >= 0.6 is 0 Å². The first-order chi connectivity index (χ1) is 8.76. The number of methoxy groups -OCH3 is 2. The number of piperidine rings is 1. The molecule has 0 bridgehead atoms. The first-order valence-corrected chi connectivity index (χ1v) is 6.72. The molecular formula is C13H27NO4. The van der Waals surface area contributed by atoms with Gasteiger partial charge in [-0.3, -0.25) is 0 Å². The molecule has 0 aromatic heterocycles. The highest BCUT2D eigenvalue weighted by Gasteiger charge is 2.20. The van der Waals surface area contributed by atoms with Crippen molar-refractivity contribution in [1.29, 1.82) is 0 Å². The van der Waals surface area contributed by atoms with Crippen molar-refractivity contribution in [3.63, 3.8) is 0 Å². The van der Waals surface area contributed by atoms with Gasteiger partial charge in [0.25, 0.3) is 0 Å². The number of hydrogen-bond acceptors (Lipinski definition) is 5. The summed E-state index contributed by atoms with van der Waals surface area (Å²) in [4.78, 5) is 2.30. The summed E-state index contributed by atoms with van der Waals surface area (Å²) in [6, 6.07) is 0. The second-order valence-electron chi connectivity index (χ2n) is 4.92. The summed E-state index contributed by atoms with van der Waals surface area (Å²) in [5, 5.41) is 9.84. The average molecular weight is 261 g/mol. The third-order valence-electron chi connectivity index (χ3n) is 3.32. The number of likely N-dealkylation sites (tertiary alicyclic amines) is 1. The van der Waals surface area contributed by atoms with Crippen molar-refractivity contribution in [3.05, 3.63) is 0 Å². The van der Waals surface area contributed by atoms with Gasteiger partial charge in [-0.1, -0.05) is 0 Å². The maximum absolute atomic E-state index is 9.84. The number of nitrogens with zero attached hydrogens (tertiary/aromatic N) is 1. The lowest BCUT2D eigenvalue weighted by atomic mass is 9.97. The number of hydrogen-bond donors (Lipinski definition) is 1. The van der Waals surface area contributed by atoms with Gasteiger partial charge in [-0.25, -0.2) is 0 Å². The lowest BCUT2D eigenvalue weighted by Crippen LogP contribution is -2.41. The third-order valence-corrected chi connectivity index (χ3v) is 3.32. The minimum atomic E-state index is -0.402. The Bertz CT molecular complexity index is 195. The monoisotopic (exact) mass is 261 g/mol. The van der Waals surface area contributed by atoms with Crippen LogP contribution in [0.15, 0.2) is 0 Å². The van der Waals surface area contributed by atoms with Crippen LogP contribution in [0.1, 0.15) is 12.8 Å². The first kappa shape index (κ1) is 15.9. The molecule has 5 heteroatoms. The summed E-state index contributed by atoms with van der Waals surface area (Å²) in [5.74, 6) is 0.682. The summed E-state index contributed by atoms with van der Waals surface area (Å²) in [5.41, 5.74) is 0. The van der Waals surface area contributed by atoms with Crippen LogP contribution in [0.2, 0.25) is 0 Å². The van der Waals surface area contributed by atoms with Crippen molar-refractivity contribution in [2.45, 2.75) is 18.9 Å². The van der Waals surface area contributed by atoms with E-state index in [9.17, 15) is 5.11 Å². The van der Waals surface area contributed by atoms with Crippen molar-refractivity contribution in [3.8, 4) is 0 Å². The van der Waals surface area contributed by atoms with Crippen molar-refractivity contribution in [1.82, 2.24) is 4.90 Å². The van der Waals surface area contributed by atoms with Crippen LogP contribution in [0.4, 0.5) is 0 Å². The Labute approximate surface area is 110 Å². The molecule has 0 saturated carbocycles. The molecule has 18 heavy (non-hydrogen) atoms. The molecule has 1 N–H and O–H groups in total. The Hall–Kier alpha value is -0.200. The predicted octanol–water partition coefficient (Wildman–Crippen LogP) is 0.369. The highest BCUT2D eigenvalue weighted by Crippen LogP contribution is 2.17. The number of ether oxygens (including phenoxy) is 3. The van der Waals surface area contributed by atoms with E-state index in [0.29, 0.717) is 32.3 Å². The van der Waals surface area contributed by atoms with Gasteiger partial charge in [-0.15, -0.1) is 0 Å². The Balaban J connectivity index is 2.05. The molecule has 1 heterocycles. The van der Waals surface area contributed by atoms with Crippen LogP contribution in [0.5, 0.6) is 0 Å². The molecule has 1 unspecified atom stereocenters. The van der Waals surface area contributed by atoms with E-state index in [-0.39, 0.29) is 0 Å². The second-order valence-corrected chi connectivity index (χ2v) is 4.92. The van der Waals surface area contributed by atoms with E-state index in [1.54, 1.807) is 14.2 Å². The molecule has 0 amide bonds. The van der Waals surface area contributed by atoms with E-state index in [0.717, 1.165) is 32.5 Å². The molecule has 1 saturated heterocycles. The topological polar surface area (TPSA) is 51.2 Å². The molecular weight excluding hydrogens is 234 g/mol. The molecule has 0 aromatic carbocycles. The Morgan fingerprint density at radius 1 is 1.17 bits per heavy atom. The van der Waals surface area contributed by atoms with Crippen molar-refractivity contribution >= 4 is 0 Å². The van der Waals surface area contributed by atoms with Gasteiger partial charge >= 0.3 is 0 Å². The molecule has 1 aliphatic rings. The Kier molecular flexibility index (Phi) is 8.54. The summed E-state index contributed by atoms with van der Waals surface area (Å²) in [7, 11) is 3.40. The lowest BCUT2D eigenvalue weighted by molar-refractivity contribution is -0.00671. The van der Waals surface area contributed by atoms with E-state index in [4.69, 9.17) is 14.2 Å². The van der Waals surface area contributed by atoms with E-state index in [1.165, 1.54) is 0 Å². The van der Waals surface area contributed by atoms with Gasteiger partial charge in [0.1, 0.15) is 0 Å². The molecule has 1 rings (SSSR count). The zero-order valence-electron chi connectivity index (χ0n) is 11.6. The molecule has 0 radical (unpaired) electrons. The zero-order chi connectivity index (χ0) is 13.2. The van der Waals surface area contributed by atoms with Gasteiger partial charge < -0.3 is 24.2 Å². The van der Waals surface area contributed by atoms with Crippen LogP contribution in [-0.2, 0) is 14.2 Å². The Morgan fingerprint density at radius 3 is 2.50 bits per heavy atom. The molecule has 1 aliphatic heterocycles. The first-order valence-electron chi connectivity index (χ1n) is 6.72. The smallest absolute Gasteiger partial charge is 0.0900 e. The summed E-state index contributed by atoms with van der Waals surface area (Å²) in [6.45, 7) is 5.16. The number of aliphatic hydroxyl groups is 1. The molecule has 108 valence electrons. The highest BCUT2D eigenvalue weighted by molar-refractivity contribution is 4.74.